The minimum absolute atomic E-state index is 0.0549. The lowest BCUT2D eigenvalue weighted by Crippen LogP contribution is -2.47. The molecule has 1 aromatic rings. The summed E-state index contributed by atoms with van der Waals surface area (Å²) < 4.78 is 16.9. The van der Waals surface area contributed by atoms with Crippen LogP contribution < -0.4 is 9.47 Å². The number of rotatable bonds is 10. The number of fused-ring (bicyclic) bond motifs is 3. The van der Waals surface area contributed by atoms with Crippen molar-refractivity contribution in [2.45, 2.75) is 65.8 Å². The third-order valence-corrected chi connectivity index (χ3v) is 7.26. The van der Waals surface area contributed by atoms with Gasteiger partial charge >= 0.3 is 11.9 Å². The Balaban J connectivity index is 1.76. The Bertz CT molecular complexity index is 880. The van der Waals surface area contributed by atoms with Gasteiger partial charge in [-0.1, -0.05) is 27.7 Å². The predicted molar refractivity (Wildman–Crippen MR) is 130 cm³/mol. The lowest BCUT2D eigenvalue weighted by atomic mass is 9.74. The summed E-state index contributed by atoms with van der Waals surface area (Å²) in [6.45, 7) is 10.5. The van der Waals surface area contributed by atoms with Crippen molar-refractivity contribution in [2.24, 2.45) is 23.2 Å². The monoisotopic (exact) mass is 475 g/mol. The van der Waals surface area contributed by atoms with Crippen LogP contribution in [0.5, 0.6) is 11.5 Å². The maximum atomic E-state index is 12.6. The van der Waals surface area contributed by atoms with Crippen LogP contribution in [0.1, 0.15) is 70.5 Å². The number of carboxylic acid groups (broad SMARTS) is 1. The Hall–Kier alpha value is -2.28. The van der Waals surface area contributed by atoms with E-state index in [1.54, 1.807) is 28.1 Å². The van der Waals surface area contributed by atoms with Crippen LogP contribution in [0.25, 0.3) is 0 Å². The van der Waals surface area contributed by atoms with Crippen molar-refractivity contribution in [3.8, 4) is 11.5 Å². The minimum atomic E-state index is -0.898. The summed E-state index contributed by atoms with van der Waals surface area (Å²) in [7, 11) is 3.33. The van der Waals surface area contributed by atoms with Gasteiger partial charge in [-0.25, -0.2) is 0 Å². The molecule has 0 saturated carbocycles. The van der Waals surface area contributed by atoms with Crippen molar-refractivity contribution in [3.05, 3.63) is 23.3 Å². The summed E-state index contributed by atoms with van der Waals surface area (Å²) in [5.74, 6) is 1.58. The molecule has 0 radical (unpaired) electrons. The van der Waals surface area contributed by atoms with Crippen molar-refractivity contribution < 1.29 is 28.9 Å². The van der Waals surface area contributed by atoms with Crippen molar-refractivity contribution in [2.75, 3.05) is 33.9 Å². The number of carbonyl (C=O) groups is 2. The molecule has 190 valence electrons. The molecule has 0 aliphatic carbocycles. The van der Waals surface area contributed by atoms with Gasteiger partial charge in [0.15, 0.2) is 11.5 Å². The fraction of sp³-hybridized carbons (Fsp3) is 0.704. The van der Waals surface area contributed by atoms with Crippen LogP contribution in [-0.4, -0.2) is 55.9 Å². The second-order valence-electron chi connectivity index (χ2n) is 11.1. The molecular weight excluding hydrogens is 434 g/mol. The number of aliphatic carboxylic acids is 1. The zero-order valence-corrected chi connectivity index (χ0v) is 21.6. The van der Waals surface area contributed by atoms with Crippen LogP contribution in [0.3, 0.4) is 0 Å². The molecule has 1 saturated heterocycles. The minimum Gasteiger partial charge on any atom is -0.493 e. The van der Waals surface area contributed by atoms with Gasteiger partial charge in [-0.05, 0) is 65.7 Å². The van der Waals surface area contributed by atoms with Crippen LogP contribution in [0.15, 0.2) is 12.1 Å². The Morgan fingerprint density at radius 1 is 1.12 bits per heavy atom. The van der Waals surface area contributed by atoms with E-state index in [1.165, 1.54) is 11.1 Å². The zero-order chi connectivity index (χ0) is 25.0. The average Bonchev–Trinajstić information content (AvgIpc) is 2.74. The standard InChI is InChI=1S/C27H41NO6/c1-17(2)9-19-15-28-8-7-18-11-23(32-5)24(33-6)12-21(18)22(28)10-20(19)16-34-26(31)14-27(3,4)13-25(29)30/h11-12,17,19-20,22H,7-10,13-16H2,1-6H3,(H,29,30)/t19-,20+,22-/m1/s1. The molecule has 7 heteroatoms. The van der Waals surface area contributed by atoms with Gasteiger partial charge in [0.2, 0.25) is 0 Å². The number of benzene rings is 1. The molecule has 1 fully saturated rings. The highest BCUT2D eigenvalue weighted by Gasteiger charge is 2.40. The summed E-state index contributed by atoms with van der Waals surface area (Å²) in [5, 5.41) is 9.10. The maximum Gasteiger partial charge on any atom is 0.306 e. The molecule has 0 aromatic heterocycles. The summed E-state index contributed by atoms with van der Waals surface area (Å²) in [6, 6.07) is 4.48. The number of hydrogen-bond donors (Lipinski definition) is 1. The van der Waals surface area contributed by atoms with Crippen LogP contribution in [-0.2, 0) is 20.7 Å². The molecule has 3 rings (SSSR count). The quantitative estimate of drug-likeness (QED) is 0.490. The third kappa shape index (κ3) is 6.44. The normalized spacial score (nSPS) is 22.6. The first-order valence-corrected chi connectivity index (χ1v) is 12.4. The average molecular weight is 476 g/mol. The van der Waals surface area contributed by atoms with Gasteiger partial charge in [0.1, 0.15) is 0 Å². The van der Waals surface area contributed by atoms with E-state index in [1.807, 2.05) is 0 Å². The molecule has 0 amide bonds. The third-order valence-electron chi connectivity index (χ3n) is 7.26. The molecule has 2 heterocycles. The van der Waals surface area contributed by atoms with Crippen LogP contribution >= 0.6 is 0 Å². The lowest BCUT2D eigenvalue weighted by Gasteiger charge is -2.47. The van der Waals surface area contributed by atoms with Gasteiger partial charge in [-0.3, -0.25) is 14.5 Å². The maximum absolute atomic E-state index is 12.6. The number of methoxy groups -OCH3 is 2. The van der Waals surface area contributed by atoms with E-state index in [4.69, 9.17) is 19.3 Å². The second-order valence-corrected chi connectivity index (χ2v) is 11.1. The summed E-state index contributed by atoms with van der Waals surface area (Å²) >= 11 is 0. The van der Waals surface area contributed by atoms with Crippen LogP contribution in [0.2, 0.25) is 0 Å². The van der Waals surface area contributed by atoms with E-state index in [2.05, 4.69) is 30.9 Å². The summed E-state index contributed by atoms with van der Waals surface area (Å²) in [5.41, 5.74) is 1.96. The van der Waals surface area contributed by atoms with E-state index >= 15 is 0 Å². The van der Waals surface area contributed by atoms with Gasteiger partial charge in [-0.2, -0.15) is 0 Å². The Morgan fingerprint density at radius 3 is 2.41 bits per heavy atom. The molecule has 7 nitrogen and oxygen atoms in total. The van der Waals surface area contributed by atoms with Gasteiger partial charge in [0, 0.05) is 19.1 Å². The van der Waals surface area contributed by atoms with E-state index in [0.717, 1.165) is 43.9 Å². The van der Waals surface area contributed by atoms with Crippen LogP contribution in [0, 0.1) is 23.2 Å². The van der Waals surface area contributed by atoms with E-state index in [-0.39, 0.29) is 30.8 Å². The van der Waals surface area contributed by atoms with E-state index in [0.29, 0.717) is 18.4 Å². The topological polar surface area (TPSA) is 85.3 Å². The number of hydrogen-bond acceptors (Lipinski definition) is 6. The van der Waals surface area contributed by atoms with Gasteiger partial charge < -0.3 is 19.3 Å². The van der Waals surface area contributed by atoms with Crippen molar-refractivity contribution in [1.82, 2.24) is 4.90 Å². The van der Waals surface area contributed by atoms with Crippen molar-refractivity contribution in [3.63, 3.8) is 0 Å². The number of ether oxygens (including phenoxy) is 3. The zero-order valence-electron chi connectivity index (χ0n) is 21.6. The SMILES string of the molecule is COc1cc2c(cc1OC)[C@H]1C[C@@H](COC(=O)CC(C)(C)CC(=O)O)[C@H](CC(C)C)CN1CC2. The molecule has 0 unspecified atom stereocenters. The first kappa shape index (κ1) is 26.3. The number of carbonyl (C=O) groups excluding carboxylic acids is 1. The lowest BCUT2D eigenvalue weighted by molar-refractivity contribution is -0.150. The van der Waals surface area contributed by atoms with Crippen LogP contribution in [0.4, 0.5) is 0 Å². The Morgan fingerprint density at radius 2 is 1.79 bits per heavy atom. The number of esters is 1. The molecule has 34 heavy (non-hydrogen) atoms. The Kier molecular flexibility index (Phi) is 8.50. The largest absolute Gasteiger partial charge is 0.493 e. The molecule has 1 aromatic carbocycles. The number of carboxylic acids is 1. The molecular formula is C27H41NO6. The molecule has 3 atom stereocenters. The number of piperidine rings is 1. The number of nitrogens with zero attached hydrogens (tertiary/aromatic N) is 1. The van der Waals surface area contributed by atoms with Gasteiger partial charge in [0.05, 0.1) is 33.7 Å². The van der Waals surface area contributed by atoms with Crippen molar-refractivity contribution >= 4 is 11.9 Å². The first-order valence-electron chi connectivity index (χ1n) is 12.4. The highest BCUT2D eigenvalue weighted by Crippen LogP contribution is 2.45. The molecule has 0 bridgehead atoms. The van der Waals surface area contributed by atoms with Gasteiger partial charge in [0.25, 0.3) is 0 Å². The second kappa shape index (κ2) is 11.0. The van der Waals surface area contributed by atoms with E-state index in [9.17, 15) is 9.59 Å². The Labute approximate surface area is 203 Å². The van der Waals surface area contributed by atoms with Crippen molar-refractivity contribution in [1.29, 1.82) is 0 Å². The highest BCUT2D eigenvalue weighted by atomic mass is 16.5. The van der Waals surface area contributed by atoms with E-state index < -0.39 is 11.4 Å². The smallest absolute Gasteiger partial charge is 0.306 e. The predicted octanol–water partition coefficient (Wildman–Crippen LogP) is 4.72. The summed E-state index contributed by atoms with van der Waals surface area (Å²) in [6.07, 6.45) is 3.05. The highest BCUT2D eigenvalue weighted by molar-refractivity contribution is 5.73. The fourth-order valence-corrected chi connectivity index (χ4v) is 5.69. The molecule has 0 spiro atoms. The van der Waals surface area contributed by atoms with Gasteiger partial charge in [-0.15, -0.1) is 0 Å². The molecule has 2 aliphatic rings. The molecule has 1 N–H and O–H groups in total. The molecule has 2 aliphatic heterocycles. The summed E-state index contributed by atoms with van der Waals surface area (Å²) in [4.78, 5) is 26.3. The first-order chi connectivity index (χ1) is 16.0. The fourth-order valence-electron chi connectivity index (χ4n) is 5.69.